The Balaban J connectivity index is 3.92. The SMILES string of the molecule is CCCCCCC/C=C\C/C=C\C/C=C\CCCCCCCCCCCCCCCCCCCCC(=O)OC(COC(=O)CCCCCCCCCCCCCCCCCCCCCCCCCCCCCCC/C=C\C/C=C\CCCCCCC)COC(OCC[N+](C)(C)C)C(=O)[O-]. The molecule has 0 aliphatic carbocycles. The number of esters is 2. The van der Waals surface area contributed by atoms with Crippen LogP contribution in [0.2, 0.25) is 0 Å². The van der Waals surface area contributed by atoms with Crippen LogP contribution in [0.5, 0.6) is 0 Å². The fourth-order valence-corrected chi connectivity index (χ4v) is 13.1. The molecule has 0 aromatic rings. The van der Waals surface area contributed by atoms with Gasteiger partial charge in [-0.3, -0.25) is 9.59 Å². The van der Waals surface area contributed by atoms with E-state index in [1.807, 2.05) is 21.1 Å². The molecule has 0 amide bonds. The van der Waals surface area contributed by atoms with E-state index in [9.17, 15) is 19.5 Å². The van der Waals surface area contributed by atoms with E-state index in [4.69, 9.17) is 18.9 Å². The van der Waals surface area contributed by atoms with Crippen LogP contribution < -0.4 is 5.11 Å². The minimum absolute atomic E-state index is 0.150. The standard InChI is InChI=1S/C90H167NO8/c1-6-8-10-12-14-16-18-20-22-24-26-28-30-32-34-36-38-40-41-42-43-44-45-46-47-49-50-52-54-56-58-60-62-64-66-68-70-72-74-76-78-80-87(92)97-84-86(85-98-90(89(94)95)96-83-82-91(3,4)5)99-88(93)81-79-77-75-73-71-69-67-65-63-61-59-57-55-53-51-48-39-37-35-33-31-29-27-25-23-21-19-17-15-13-11-9-7-2/h18-21,24-27,31,33,86,90H,6-17,22-23,28-30,32,34-85H2,1-5H3/b20-18-,21-19-,26-24-,27-25-,33-31-. The van der Waals surface area contributed by atoms with Gasteiger partial charge in [-0.15, -0.1) is 0 Å². The first-order valence-corrected chi connectivity index (χ1v) is 43.4. The first-order chi connectivity index (χ1) is 48.6. The normalized spacial score (nSPS) is 12.9. The van der Waals surface area contributed by atoms with Gasteiger partial charge in [-0.2, -0.15) is 0 Å². The number of carboxylic acid groups (broad SMARTS) is 1. The molecule has 0 aromatic carbocycles. The maximum absolute atomic E-state index is 13.0. The van der Waals surface area contributed by atoms with Crippen LogP contribution in [-0.4, -0.2) is 82.3 Å². The van der Waals surface area contributed by atoms with Crippen LogP contribution in [0.15, 0.2) is 60.8 Å². The molecule has 0 N–H and O–H groups in total. The molecule has 0 saturated heterocycles. The third-order valence-corrected chi connectivity index (χ3v) is 19.7. The molecule has 0 fully saturated rings. The number of hydrogen-bond donors (Lipinski definition) is 0. The van der Waals surface area contributed by atoms with Crippen molar-refractivity contribution in [3.63, 3.8) is 0 Å². The lowest BCUT2D eigenvalue weighted by Crippen LogP contribution is -2.44. The maximum atomic E-state index is 13.0. The van der Waals surface area contributed by atoms with E-state index >= 15 is 0 Å². The number of nitrogens with zero attached hydrogens (tertiary/aromatic N) is 1. The number of carbonyl (C=O) groups excluding carboxylic acids is 3. The van der Waals surface area contributed by atoms with Gasteiger partial charge in [0.1, 0.15) is 13.2 Å². The monoisotopic (exact) mass is 1390 g/mol. The summed E-state index contributed by atoms with van der Waals surface area (Å²) < 4.78 is 22.9. The van der Waals surface area contributed by atoms with E-state index in [1.165, 1.54) is 353 Å². The number of carbonyl (C=O) groups is 3. The summed E-state index contributed by atoms with van der Waals surface area (Å²) in [6.45, 7) is 4.80. The van der Waals surface area contributed by atoms with Gasteiger partial charge in [0.15, 0.2) is 12.4 Å². The van der Waals surface area contributed by atoms with Crippen LogP contribution >= 0.6 is 0 Å². The van der Waals surface area contributed by atoms with Gasteiger partial charge >= 0.3 is 11.9 Å². The van der Waals surface area contributed by atoms with Gasteiger partial charge in [-0.1, -0.05) is 402 Å². The molecule has 0 heterocycles. The van der Waals surface area contributed by atoms with Crippen LogP contribution in [0.3, 0.4) is 0 Å². The lowest BCUT2D eigenvalue weighted by atomic mass is 10.0. The highest BCUT2D eigenvalue weighted by Crippen LogP contribution is 2.20. The Kier molecular flexibility index (Phi) is 78.2. The summed E-state index contributed by atoms with van der Waals surface area (Å²) in [6.07, 6.45) is 105. The van der Waals surface area contributed by atoms with Crippen LogP contribution in [0.1, 0.15) is 438 Å². The Bertz CT molecular complexity index is 1820. The van der Waals surface area contributed by atoms with E-state index in [0.29, 0.717) is 23.9 Å². The Morgan fingerprint density at radius 3 is 0.808 bits per heavy atom. The number of hydrogen-bond acceptors (Lipinski definition) is 8. The molecule has 0 radical (unpaired) electrons. The second-order valence-electron chi connectivity index (χ2n) is 30.8. The predicted molar refractivity (Wildman–Crippen MR) is 426 cm³/mol. The number of rotatable bonds is 82. The summed E-state index contributed by atoms with van der Waals surface area (Å²) in [6, 6.07) is 0. The molecule has 0 bridgehead atoms. The molecule has 0 rings (SSSR count). The van der Waals surface area contributed by atoms with Crippen molar-refractivity contribution in [2.75, 3.05) is 47.5 Å². The van der Waals surface area contributed by atoms with E-state index < -0.39 is 24.3 Å². The van der Waals surface area contributed by atoms with Gasteiger partial charge in [0.25, 0.3) is 0 Å². The number of carboxylic acids is 1. The average molecular weight is 1390 g/mol. The molecule has 2 atom stereocenters. The minimum atomic E-state index is -1.62. The Morgan fingerprint density at radius 1 is 0.303 bits per heavy atom. The average Bonchev–Trinajstić information content (AvgIpc) is 1.57. The molecule has 9 heteroatoms. The lowest BCUT2D eigenvalue weighted by molar-refractivity contribution is -0.870. The van der Waals surface area contributed by atoms with Crippen molar-refractivity contribution >= 4 is 17.9 Å². The van der Waals surface area contributed by atoms with Crippen molar-refractivity contribution in [3.8, 4) is 0 Å². The molecule has 0 spiro atoms. The third-order valence-electron chi connectivity index (χ3n) is 19.7. The second-order valence-corrected chi connectivity index (χ2v) is 30.8. The summed E-state index contributed by atoms with van der Waals surface area (Å²) in [5.74, 6) is -2.25. The smallest absolute Gasteiger partial charge is 0.306 e. The summed E-state index contributed by atoms with van der Waals surface area (Å²) in [7, 11) is 5.95. The van der Waals surface area contributed by atoms with Crippen LogP contribution in [0, 0.1) is 0 Å². The van der Waals surface area contributed by atoms with Gasteiger partial charge in [0.2, 0.25) is 0 Å². The third kappa shape index (κ3) is 82.2. The molecule has 0 aromatic heterocycles. The topological polar surface area (TPSA) is 111 Å². The molecule has 99 heavy (non-hydrogen) atoms. The fraction of sp³-hybridized carbons (Fsp3) is 0.856. The number of likely N-dealkylation sites (N-methyl/N-ethyl adjacent to an activating group) is 1. The molecule has 0 aliphatic heterocycles. The zero-order chi connectivity index (χ0) is 71.8. The minimum Gasteiger partial charge on any atom is -0.545 e. The van der Waals surface area contributed by atoms with Crippen LogP contribution in [0.25, 0.3) is 0 Å². The van der Waals surface area contributed by atoms with Crippen LogP contribution in [-0.2, 0) is 33.3 Å². The molecule has 0 saturated carbocycles. The fourth-order valence-electron chi connectivity index (χ4n) is 13.1. The first-order valence-electron chi connectivity index (χ1n) is 43.4. The number of unbranched alkanes of at least 4 members (excludes halogenated alkanes) is 57. The number of ether oxygens (including phenoxy) is 4. The summed E-state index contributed by atoms with van der Waals surface area (Å²) in [5.41, 5.74) is 0. The van der Waals surface area contributed by atoms with Crippen LogP contribution in [0.4, 0.5) is 0 Å². The van der Waals surface area contributed by atoms with Gasteiger partial charge < -0.3 is 33.3 Å². The molecule has 9 nitrogen and oxygen atoms in total. The number of aliphatic carboxylic acids is 1. The van der Waals surface area contributed by atoms with E-state index in [1.54, 1.807) is 0 Å². The Hall–Kier alpha value is -3.01. The van der Waals surface area contributed by atoms with Crippen molar-refractivity contribution in [3.05, 3.63) is 60.8 Å². The summed E-state index contributed by atoms with van der Waals surface area (Å²) in [4.78, 5) is 37.7. The zero-order valence-corrected chi connectivity index (χ0v) is 66.6. The number of allylic oxidation sites excluding steroid dienone is 10. The van der Waals surface area contributed by atoms with Gasteiger partial charge in [0.05, 0.1) is 40.3 Å². The molecular formula is C90H167NO8. The highest BCUT2D eigenvalue weighted by Gasteiger charge is 2.22. The second kappa shape index (κ2) is 80.7. The summed E-state index contributed by atoms with van der Waals surface area (Å²) >= 11 is 0. The highest BCUT2D eigenvalue weighted by atomic mass is 16.7. The van der Waals surface area contributed by atoms with E-state index in [2.05, 4.69) is 74.6 Å². The lowest BCUT2D eigenvalue weighted by Gasteiger charge is -2.26. The van der Waals surface area contributed by atoms with Gasteiger partial charge in [0, 0.05) is 12.8 Å². The van der Waals surface area contributed by atoms with E-state index in [0.717, 1.165) is 51.4 Å². The van der Waals surface area contributed by atoms with Crippen molar-refractivity contribution in [1.82, 2.24) is 0 Å². The highest BCUT2D eigenvalue weighted by molar-refractivity contribution is 5.70. The van der Waals surface area contributed by atoms with Crippen molar-refractivity contribution in [1.29, 1.82) is 0 Å². The Labute approximate surface area is 615 Å². The summed E-state index contributed by atoms with van der Waals surface area (Å²) in [5, 5.41) is 11.9. The van der Waals surface area contributed by atoms with Crippen molar-refractivity contribution in [2.45, 2.75) is 450 Å². The maximum Gasteiger partial charge on any atom is 0.306 e. The van der Waals surface area contributed by atoms with E-state index in [-0.39, 0.29) is 32.2 Å². The van der Waals surface area contributed by atoms with Gasteiger partial charge in [-0.05, 0) is 83.5 Å². The Morgan fingerprint density at radius 2 is 0.545 bits per heavy atom. The van der Waals surface area contributed by atoms with Crippen molar-refractivity contribution < 1.29 is 42.9 Å². The molecule has 0 aliphatic rings. The molecular weight excluding hydrogens is 1220 g/mol. The molecule has 2 unspecified atom stereocenters. The molecule has 580 valence electrons. The number of quaternary nitrogens is 1. The van der Waals surface area contributed by atoms with Gasteiger partial charge in [-0.25, -0.2) is 0 Å². The first kappa shape index (κ1) is 96.0. The quantitative estimate of drug-likeness (QED) is 0.0195. The largest absolute Gasteiger partial charge is 0.545 e. The predicted octanol–water partition coefficient (Wildman–Crippen LogP) is 26.8. The van der Waals surface area contributed by atoms with Crippen molar-refractivity contribution in [2.24, 2.45) is 0 Å². The zero-order valence-electron chi connectivity index (χ0n) is 66.6.